The molecule has 0 spiro atoms. The van der Waals surface area contributed by atoms with Crippen LogP contribution in [0.2, 0.25) is 0 Å². The Balaban J connectivity index is 2.06. The van der Waals surface area contributed by atoms with Crippen LogP contribution >= 0.6 is 15.9 Å². The molecule has 0 unspecified atom stereocenters. The fraction of sp³-hybridized carbons (Fsp3) is 0.353. The topological polar surface area (TPSA) is 28.2 Å². The van der Waals surface area contributed by atoms with E-state index in [0.29, 0.717) is 0 Å². The molecule has 3 nitrogen and oxygen atoms in total. The summed E-state index contributed by atoms with van der Waals surface area (Å²) < 4.78 is 0.873. The average molecular weight is 348 g/mol. The van der Waals surface area contributed by atoms with Crippen LogP contribution < -0.4 is 5.32 Å². The van der Waals surface area contributed by atoms with Gasteiger partial charge in [-0.15, -0.1) is 0 Å². The summed E-state index contributed by atoms with van der Waals surface area (Å²) in [5.41, 5.74) is 3.55. The van der Waals surface area contributed by atoms with Crippen molar-refractivity contribution in [3.63, 3.8) is 0 Å². The average Bonchev–Trinajstić information content (AvgIpc) is 2.51. The van der Waals surface area contributed by atoms with Gasteiger partial charge in [-0.2, -0.15) is 0 Å². The van der Waals surface area contributed by atoms with Crippen LogP contribution in [0.3, 0.4) is 0 Å². The van der Waals surface area contributed by atoms with Gasteiger partial charge in [0.2, 0.25) is 0 Å². The molecule has 0 amide bonds. The number of hydrogen-bond donors (Lipinski definition) is 1. The Kier molecular flexibility index (Phi) is 6.21. The first-order chi connectivity index (χ1) is 10.2. The van der Waals surface area contributed by atoms with Gasteiger partial charge < -0.3 is 5.32 Å². The molecular weight excluding hydrogens is 326 g/mol. The predicted molar refractivity (Wildman–Crippen MR) is 92.3 cm³/mol. The highest BCUT2D eigenvalue weighted by Gasteiger charge is 2.06. The summed E-state index contributed by atoms with van der Waals surface area (Å²) >= 11 is 3.41. The molecule has 1 heterocycles. The molecule has 4 heteroatoms. The third kappa shape index (κ3) is 4.83. The fourth-order valence-electron chi connectivity index (χ4n) is 2.25. The number of anilines is 1. The molecule has 0 saturated carbocycles. The minimum Gasteiger partial charge on any atom is -0.379 e. The Labute approximate surface area is 135 Å². The van der Waals surface area contributed by atoms with Crippen LogP contribution in [0.25, 0.3) is 0 Å². The number of aromatic nitrogens is 1. The van der Waals surface area contributed by atoms with Crippen molar-refractivity contribution < 1.29 is 0 Å². The van der Waals surface area contributed by atoms with Gasteiger partial charge in [-0.1, -0.05) is 38.1 Å². The zero-order valence-electron chi connectivity index (χ0n) is 12.6. The van der Waals surface area contributed by atoms with Gasteiger partial charge in [-0.05, 0) is 52.8 Å². The minimum atomic E-state index is 0.731. The monoisotopic (exact) mass is 347 g/mol. The Morgan fingerprint density at radius 1 is 1.05 bits per heavy atom. The lowest BCUT2D eigenvalue weighted by molar-refractivity contribution is 0.296. The van der Waals surface area contributed by atoms with Crippen LogP contribution in [-0.2, 0) is 13.1 Å². The number of nitrogens with zero attached hydrogens (tertiary/aromatic N) is 2. The van der Waals surface area contributed by atoms with Crippen molar-refractivity contribution in [3.8, 4) is 0 Å². The summed E-state index contributed by atoms with van der Waals surface area (Å²) in [6.45, 7) is 8.24. The molecule has 0 atom stereocenters. The lowest BCUT2D eigenvalue weighted by atomic mass is 10.1. The molecule has 0 aliphatic rings. The molecule has 0 bridgehead atoms. The Hall–Kier alpha value is -1.39. The molecule has 0 fully saturated rings. The minimum absolute atomic E-state index is 0.731. The van der Waals surface area contributed by atoms with Crippen molar-refractivity contribution in [2.45, 2.75) is 26.9 Å². The zero-order chi connectivity index (χ0) is 15.1. The highest BCUT2D eigenvalue weighted by Crippen LogP contribution is 2.18. The van der Waals surface area contributed by atoms with Crippen LogP contribution in [0.1, 0.15) is 25.1 Å². The number of benzene rings is 1. The molecule has 0 radical (unpaired) electrons. The van der Waals surface area contributed by atoms with E-state index in [1.807, 2.05) is 18.2 Å². The maximum Gasteiger partial charge on any atom is 0.106 e. The second-order valence-electron chi connectivity index (χ2n) is 4.92. The van der Waals surface area contributed by atoms with E-state index >= 15 is 0 Å². The zero-order valence-corrected chi connectivity index (χ0v) is 14.2. The van der Waals surface area contributed by atoms with Crippen molar-refractivity contribution in [2.24, 2.45) is 0 Å². The maximum atomic E-state index is 4.45. The van der Waals surface area contributed by atoms with Gasteiger partial charge in [-0.25, -0.2) is 4.98 Å². The van der Waals surface area contributed by atoms with E-state index in [9.17, 15) is 0 Å². The third-order valence-corrected chi connectivity index (χ3v) is 3.98. The predicted octanol–water partition coefficient (Wildman–Crippen LogP) is 4.30. The molecule has 112 valence electrons. The van der Waals surface area contributed by atoms with E-state index in [2.05, 4.69) is 69.2 Å². The second kappa shape index (κ2) is 8.15. The van der Waals surface area contributed by atoms with Gasteiger partial charge in [0.15, 0.2) is 0 Å². The van der Waals surface area contributed by atoms with Gasteiger partial charge in [0.1, 0.15) is 4.60 Å². The normalized spacial score (nSPS) is 10.9. The third-order valence-electron chi connectivity index (χ3n) is 3.54. The van der Waals surface area contributed by atoms with E-state index < -0.39 is 0 Å². The molecule has 1 N–H and O–H groups in total. The van der Waals surface area contributed by atoms with Crippen molar-refractivity contribution in [1.29, 1.82) is 0 Å². The summed E-state index contributed by atoms with van der Waals surface area (Å²) in [6, 6.07) is 14.5. The summed E-state index contributed by atoms with van der Waals surface area (Å²) in [7, 11) is 0. The Morgan fingerprint density at radius 3 is 2.52 bits per heavy atom. The lowest BCUT2D eigenvalue weighted by Crippen LogP contribution is -2.22. The maximum absolute atomic E-state index is 4.45. The number of nitrogens with one attached hydrogen (secondary N) is 1. The summed E-state index contributed by atoms with van der Waals surface area (Å²) in [6.07, 6.45) is 0. The van der Waals surface area contributed by atoms with Crippen molar-refractivity contribution in [3.05, 3.63) is 58.3 Å². The number of hydrogen-bond acceptors (Lipinski definition) is 3. The van der Waals surface area contributed by atoms with Gasteiger partial charge >= 0.3 is 0 Å². The number of para-hydroxylation sites is 1. The van der Waals surface area contributed by atoms with Crippen LogP contribution in [0.4, 0.5) is 5.69 Å². The molecule has 0 aliphatic heterocycles. The van der Waals surface area contributed by atoms with Crippen molar-refractivity contribution in [2.75, 3.05) is 18.4 Å². The van der Waals surface area contributed by atoms with Crippen LogP contribution in [0, 0.1) is 0 Å². The molecular formula is C17H22BrN3. The molecule has 0 saturated heterocycles. The van der Waals surface area contributed by atoms with E-state index in [1.54, 1.807) is 0 Å². The highest BCUT2D eigenvalue weighted by atomic mass is 79.9. The molecule has 21 heavy (non-hydrogen) atoms. The number of rotatable bonds is 7. The molecule has 2 rings (SSSR count). The summed E-state index contributed by atoms with van der Waals surface area (Å²) in [4.78, 5) is 6.87. The van der Waals surface area contributed by atoms with E-state index in [-0.39, 0.29) is 0 Å². The van der Waals surface area contributed by atoms with Gasteiger partial charge in [-0.3, -0.25) is 4.90 Å². The molecule has 0 aliphatic carbocycles. The highest BCUT2D eigenvalue weighted by molar-refractivity contribution is 9.10. The van der Waals surface area contributed by atoms with Gasteiger partial charge in [0.25, 0.3) is 0 Å². The quantitative estimate of drug-likeness (QED) is 0.757. The largest absolute Gasteiger partial charge is 0.379 e. The van der Waals surface area contributed by atoms with Gasteiger partial charge in [0, 0.05) is 12.2 Å². The van der Waals surface area contributed by atoms with Gasteiger partial charge in [0.05, 0.1) is 12.2 Å². The first-order valence-electron chi connectivity index (χ1n) is 7.38. The smallest absolute Gasteiger partial charge is 0.106 e. The van der Waals surface area contributed by atoms with Crippen molar-refractivity contribution >= 4 is 21.6 Å². The standard InChI is InChI=1S/C17H22BrN3/c1-3-21(4-2)13-14-8-5-6-10-16(14)19-12-15-9-7-11-17(18)20-15/h5-11,19H,3-4,12-13H2,1-2H3. The van der Waals surface area contributed by atoms with E-state index in [0.717, 1.165) is 36.5 Å². The first-order valence-corrected chi connectivity index (χ1v) is 8.17. The Morgan fingerprint density at radius 2 is 1.81 bits per heavy atom. The Bertz CT molecular complexity index is 567. The summed E-state index contributed by atoms with van der Waals surface area (Å²) in [5, 5.41) is 3.50. The molecule has 1 aromatic heterocycles. The van der Waals surface area contributed by atoms with Crippen LogP contribution in [0.5, 0.6) is 0 Å². The molecule has 1 aromatic carbocycles. The second-order valence-corrected chi connectivity index (χ2v) is 5.74. The van der Waals surface area contributed by atoms with Crippen LogP contribution in [-0.4, -0.2) is 23.0 Å². The first kappa shape index (κ1) is 16.0. The van der Waals surface area contributed by atoms with Crippen LogP contribution in [0.15, 0.2) is 47.1 Å². The lowest BCUT2D eigenvalue weighted by Gasteiger charge is -2.20. The SMILES string of the molecule is CCN(CC)Cc1ccccc1NCc1cccc(Br)n1. The number of pyridine rings is 1. The van der Waals surface area contributed by atoms with E-state index in [4.69, 9.17) is 0 Å². The molecule has 2 aromatic rings. The van der Waals surface area contributed by atoms with Crippen molar-refractivity contribution in [1.82, 2.24) is 9.88 Å². The fourth-order valence-corrected chi connectivity index (χ4v) is 2.63. The summed E-state index contributed by atoms with van der Waals surface area (Å²) in [5.74, 6) is 0. The van der Waals surface area contributed by atoms with E-state index in [1.165, 1.54) is 11.3 Å². The number of halogens is 1.